The van der Waals surface area contributed by atoms with Crippen LogP contribution in [0, 0.1) is 0 Å². The van der Waals surface area contributed by atoms with Crippen LogP contribution in [-0.2, 0) is 0 Å². The number of aromatic nitrogens is 2. The topological polar surface area (TPSA) is 71.4 Å². The highest BCUT2D eigenvalue weighted by atomic mass is 16.5. The average molecular weight is 225 g/mol. The summed E-state index contributed by atoms with van der Waals surface area (Å²) in [5.74, 6) is 1.47. The van der Waals surface area contributed by atoms with Gasteiger partial charge < -0.3 is 20.1 Å². The van der Waals surface area contributed by atoms with Crippen molar-refractivity contribution in [1.82, 2.24) is 15.0 Å². The summed E-state index contributed by atoms with van der Waals surface area (Å²) in [5, 5.41) is 4.00. The van der Waals surface area contributed by atoms with Gasteiger partial charge in [0.05, 0.1) is 0 Å². The second-order valence-corrected chi connectivity index (χ2v) is 4.36. The number of nitrogens with zero attached hydrogens (tertiary/aromatic N) is 4. The summed E-state index contributed by atoms with van der Waals surface area (Å²) in [5.41, 5.74) is 5.56. The van der Waals surface area contributed by atoms with E-state index < -0.39 is 0 Å². The van der Waals surface area contributed by atoms with Crippen LogP contribution in [0.1, 0.15) is 18.7 Å². The Morgan fingerprint density at radius 1 is 1.38 bits per heavy atom. The molecule has 0 amide bonds. The summed E-state index contributed by atoms with van der Waals surface area (Å²) < 4.78 is 5.20. The molecule has 0 aromatic carbocycles. The zero-order chi connectivity index (χ0) is 11.5. The monoisotopic (exact) mass is 225 g/mol. The van der Waals surface area contributed by atoms with Crippen LogP contribution < -0.4 is 10.6 Å². The molecule has 0 aliphatic carbocycles. The van der Waals surface area contributed by atoms with E-state index >= 15 is 0 Å². The Labute approximate surface area is 95.4 Å². The predicted octanol–water partition coefficient (Wildman–Crippen LogP) is -0.116. The molecule has 1 unspecified atom stereocenters. The van der Waals surface area contributed by atoms with E-state index in [2.05, 4.69) is 27.0 Å². The molecule has 1 saturated heterocycles. The number of piperazine rings is 1. The standard InChI is InChI=1S/C10H19N5O/c1-8(7-11)9-12-10(13-16-9)15-5-3-14(2)4-6-15/h8H,3-7,11H2,1-2H3. The minimum Gasteiger partial charge on any atom is -0.337 e. The van der Waals surface area contributed by atoms with Crippen LogP contribution in [-0.4, -0.2) is 54.8 Å². The molecule has 1 aromatic heterocycles. The van der Waals surface area contributed by atoms with Crippen molar-refractivity contribution >= 4 is 5.95 Å². The first-order chi connectivity index (χ1) is 7.70. The number of rotatable bonds is 3. The van der Waals surface area contributed by atoms with Crippen LogP contribution in [0.3, 0.4) is 0 Å². The Hall–Kier alpha value is -1.14. The van der Waals surface area contributed by atoms with Gasteiger partial charge in [-0.3, -0.25) is 0 Å². The van der Waals surface area contributed by atoms with Gasteiger partial charge in [-0.25, -0.2) is 0 Å². The molecule has 2 N–H and O–H groups in total. The fourth-order valence-corrected chi connectivity index (χ4v) is 1.66. The van der Waals surface area contributed by atoms with Crippen molar-refractivity contribution in [1.29, 1.82) is 0 Å². The van der Waals surface area contributed by atoms with E-state index in [0.717, 1.165) is 26.2 Å². The summed E-state index contributed by atoms with van der Waals surface area (Å²) in [6.07, 6.45) is 0. The van der Waals surface area contributed by atoms with Crippen molar-refractivity contribution in [3.63, 3.8) is 0 Å². The van der Waals surface area contributed by atoms with Crippen LogP contribution in [0.25, 0.3) is 0 Å². The van der Waals surface area contributed by atoms with Gasteiger partial charge >= 0.3 is 0 Å². The second-order valence-electron chi connectivity index (χ2n) is 4.36. The van der Waals surface area contributed by atoms with Gasteiger partial charge in [-0.05, 0) is 12.2 Å². The molecule has 6 nitrogen and oxygen atoms in total. The molecule has 0 radical (unpaired) electrons. The quantitative estimate of drug-likeness (QED) is 0.773. The zero-order valence-corrected chi connectivity index (χ0v) is 9.89. The molecule has 1 aromatic rings. The van der Waals surface area contributed by atoms with Crippen molar-refractivity contribution in [2.24, 2.45) is 5.73 Å². The van der Waals surface area contributed by atoms with Crippen LogP contribution >= 0.6 is 0 Å². The van der Waals surface area contributed by atoms with Crippen molar-refractivity contribution < 1.29 is 4.52 Å². The van der Waals surface area contributed by atoms with Crippen LogP contribution in [0.15, 0.2) is 4.52 Å². The van der Waals surface area contributed by atoms with Gasteiger partial charge in [-0.1, -0.05) is 6.92 Å². The van der Waals surface area contributed by atoms with Gasteiger partial charge in [0.25, 0.3) is 5.95 Å². The molecule has 2 rings (SSSR count). The lowest BCUT2D eigenvalue weighted by molar-refractivity contribution is 0.308. The first kappa shape index (κ1) is 11.3. The maximum absolute atomic E-state index is 5.56. The van der Waals surface area contributed by atoms with Crippen LogP contribution in [0.2, 0.25) is 0 Å². The van der Waals surface area contributed by atoms with Crippen molar-refractivity contribution in [2.45, 2.75) is 12.8 Å². The third kappa shape index (κ3) is 2.33. The molecule has 2 heterocycles. The molecule has 6 heteroatoms. The van der Waals surface area contributed by atoms with Gasteiger partial charge in [0.1, 0.15) is 0 Å². The summed E-state index contributed by atoms with van der Waals surface area (Å²) in [6, 6.07) is 0. The Bertz CT molecular complexity index is 332. The Morgan fingerprint density at radius 3 is 2.69 bits per heavy atom. The SMILES string of the molecule is CC(CN)c1nc(N2CCN(C)CC2)no1. The van der Waals surface area contributed by atoms with Gasteiger partial charge in [0.15, 0.2) is 0 Å². The summed E-state index contributed by atoms with van der Waals surface area (Å²) in [4.78, 5) is 8.82. The molecular weight excluding hydrogens is 206 g/mol. The van der Waals surface area contributed by atoms with E-state index in [0.29, 0.717) is 18.4 Å². The number of hydrogen-bond acceptors (Lipinski definition) is 6. The predicted molar refractivity (Wildman–Crippen MR) is 61.5 cm³/mol. The first-order valence-electron chi connectivity index (χ1n) is 5.68. The molecule has 1 atom stereocenters. The molecule has 1 fully saturated rings. The summed E-state index contributed by atoms with van der Waals surface area (Å²) in [7, 11) is 2.12. The van der Waals surface area contributed by atoms with Gasteiger partial charge in [0, 0.05) is 38.6 Å². The lowest BCUT2D eigenvalue weighted by atomic mass is 10.2. The number of nitrogens with two attached hydrogens (primary N) is 1. The number of hydrogen-bond donors (Lipinski definition) is 1. The third-order valence-electron chi connectivity index (χ3n) is 2.99. The summed E-state index contributed by atoms with van der Waals surface area (Å²) in [6.45, 7) is 6.50. The molecule has 0 saturated carbocycles. The molecule has 16 heavy (non-hydrogen) atoms. The van der Waals surface area contributed by atoms with E-state index in [1.54, 1.807) is 0 Å². The van der Waals surface area contributed by atoms with Crippen molar-refractivity contribution in [2.75, 3.05) is 44.7 Å². The van der Waals surface area contributed by atoms with E-state index in [1.807, 2.05) is 6.92 Å². The first-order valence-corrected chi connectivity index (χ1v) is 5.68. The second kappa shape index (κ2) is 4.80. The molecule has 90 valence electrons. The van der Waals surface area contributed by atoms with E-state index in [1.165, 1.54) is 0 Å². The van der Waals surface area contributed by atoms with E-state index in [4.69, 9.17) is 10.3 Å². The Morgan fingerprint density at radius 2 is 2.06 bits per heavy atom. The fourth-order valence-electron chi connectivity index (χ4n) is 1.66. The molecular formula is C10H19N5O. The highest BCUT2D eigenvalue weighted by Crippen LogP contribution is 2.16. The lowest BCUT2D eigenvalue weighted by Gasteiger charge is -2.31. The van der Waals surface area contributed by atoms with Crippen molar-refractivity contribution in [3.8, 4) is 0 Å². The highest BCUT2D eigenvalue weighted by molar-refractivity contribution is 5.28. The molecule has 1 aliphatic heterocycles. The lowest BCUT2D eigenvalue weighted by Crippen LogP contribution is -2.44. The molecule has 0 spiro atoms. The third-order valence-corrected chi connectivity index (χ3v) is 2.99. The Kier molecular flexibility index (Phi) is 3.40. The minimum absolute atomic E-state index is 0.133. The highest BCUT2D eigenvalue weighted by Gasteiger charge is 2.20. The number of likely N-dealkylation sites (N-methyl/N-ethyl adjacent to an activating group) is 1. The summed E-state index contributed by atoms with van der Waals surface area (Å²) >= 11 is 0. The normalized spacial score (nSPS) is 20.1. The van der Waals surface area contributed by atoms with Gasteiger partial charge in [0.2, 0.25) is 5.89 Å². The van der Waals surface area contributed by atoms with E-state index in [9.17, 15) is 0 Å². The zero-order valence-electron chi connectivity index (χ0n) is 9.89. The van der Waals surface area contributed by atoms with Gasteiger partial charge in [-0.15, -0.1) is 0 Å². The van der Waals surface area contributed by atoms with Crippen LogP contribution in [0.4, 0.5) is 5.95 Å². The Balaban J connectivity index is 2.01. The largest absolute Gasteiger partial charge is 0.337 e. The molecule has 0 bridgehead atoms. The number of anilines is 1. The fraction of sp³-hybridized carbons (Fsp3) is 0.800. The smallest absolute Gasteiger partial charge is 0.266 e. The van der Waals surface area contributed by atoms with Crippen LogP contribution in [0.5, 0.6) is 0 Å². The van der Waals surface area contributed by atoms with E-state index in [-0.39, 0.29) is 5.92 Å². The minimum atomic E-state index is 0.133. The molecule has 1 aliphatic rings. The average Bonchev–Trinajstić information content (AvgIpc) is 2.78. The van der Waals surface area contributed by atoms with Crippen molar-refractivity contribution in [3.05, 3.63) is 5.89 Å². The maximum atomic E-state index is 5.56. The maximum Gasteiger partial charge on any atom is 0.266 e. The van der Waals surface area contributed by atoms with Gasteiger partial charge in [-0.2, -0.15) is 4.98 Å².